The van der Waals surface area contributed by atoms with Crippen molar-refractivity contribution in [2.45, 2.75) is 6.04 Å². The van der Waals surface area contributed by atoms with Crippen LogP contribution in [0.4, 0.5) is 0 Å². The van der Waals surface area contributed by atoms with Gasteiger partial charge in [0.2, 0.25) is 0 Å². The van der Waals surface area contributed by atoms with Crippen molar-refractivity contribution >= 4 is 6.29 Å². The topological polar surface area (TPSA) is 49.3 Å². The number of aldehydes is 1. The highest BCUT2D eigenvalue weighted by molar-refractivity contribution is 5.57. The second-order valence-electron chi connectivity index (χ2n) is 1.21. The molecule has 0 rings (SSSR count). The molecule has 1 atom stereocenters. The largest absolute Gasteiger partial charge is 0.394 e. The van der Waals surface area contributed by atoms with Crippen molar-refractivity contribution in [2.75, 3.05) is 13.7 Å². The number of likely N-dealkylation sites (N-methyl/N-ethyl adjacent to an activating group) is 1. The van der Waals surface area contributed by atoms with Crippen LogP contribution in [0.1, 0.15) is 0 Å². The van der Waals surface area contributed by atoms with Gasteiger partial charge in [-0.25, -0.2) is 0 Å². The van der Waals surface area contributed by atoms with Gasteiger partial charge in [-0.15, -0.1) is 0 Å². The van der Waals surface area contributed by atoms with E-state index in [-0.39, 0.29) is 12.6 Å². The van der Waals surface area contributed by atoms with Crippen molar-refractivity contribution in [1.29, 1.82) is 0 Å². The molecule has 0 aromatic rings. The first-order valence-corrected chi connectivity index (χ1v) is 2.08. The van der Waals surface area contributed by atoms with Crippen LogP contribution in [-0.4, -0.2) is 31.1 Å². The molecule has 0 heterocycles. The van der Waals surface area contributed by atoms with Crippen LogP contribution in [0, 0.1) is 0 Å². The van der Waals surface area contributed by atoms with Crippen LogP contribution in [0.2, 0.25) is 0 Å². The van der Waals surface area contributed by atoms with E-state index in [1.54, 1.807) is 7.05 Å². The maximum Gasteiger partial charge on any atom is 0.139 e. The lowest BCUT2D eigenvalue weighted by molar-refractivity contribution is -0.110. The summed E-state index contributed by atoms with van der Waals surface area (Å²) in [5, 5.41) is 10.8. The molecule has 0 aromatic heterocycles. The molecule has 0 saturated carbocycles. The second kappa shape index (κ2) is 3.77. The Morgan fingerprint density at radius 3 is 2.57 bits per heavy atom. The molecule has 0 bridgehead atoms. The molecular formula is C4H9NO2. The first-order valence-electron chi connectivity index (χ1n) is 2.08. The molecule has 0 aliphatic rings. The Balaban J connectivity index is 3.16. The Kier molecular flexibility index (Phi) is 3.55. The van der Waals surface area contributed by atoms with E-state index in [1.165, 1.54) is 0 Å². The van der Waals surface area contributed by atoms with Gasteiger partial charge in [0, 0.05) is 0 Å². The Hall–Kier alpha value is -0.410. The van der Waals surface area contributed by atoms with Gasteiger partial charge in [-0.3, -0.25) is 0 Å². The maximum atomic E-state index is 9.74. The summed E-state index contributed by atoms with van der Waals surface area (Å²) in [5.41, 5.74) is 0. The van der Waals surface area contributed by atoms with Crippen LogP contribution >= 0.6 is 0 Å². The molecule has 3 nitrogen and oxygen atoms in total. The van der Waals surface area contributed by atoms with Crippen molar-refractivity contribution in [3.8, 4) is 0 Å². The number of nitrogens with one attached hydrogen (secondary N) is 1. The molecular weight excluding hydrogens is 94.0 g/mol. The lowest BCUT2D eigenvalue weighted by atomic mass is 10.4. The fourth-order valence-electron chi connectivity index (χ4n) is 0.202. The molecule has 0 saturated heterocycles. The van der Waals surface area contributed by atoms with E-state index in [1.807, 2.05) is 0 Å². The average molecular weight is 103 g/mol. The van der Waals surface area contributed by atoms with Crippen LogP contribution in [0.15, 0.2) is 0 Å². The van der Waals surface area contributed by atoms with Gasteiger partial charge in [0.15, 0.2) is 0 Å². The highest BCUT2D eigenvalue weighted by Gasteiger charge is 1.96. The Labute approximate surface area is 42.3 Å². The monoisotopic (exact) mass is 103 g/mol. The summed E-state index contributed by atoms with van der Waals surface area (Å²) in [6.07, 6.45) is 0.667. The lowest BCUT2D eigenvalue weighted by Gasteiger charge is -2.00. The van der Waals surface area contributed by atoms with Gasteiger partial charge >= 0.3 is 0 Å². The minimum atomic E-state index is -0.389. The van der Waals surface area contributed by atoms with Gasteiger partial charge in [0.25, 0.3) is 0 Å². The standard InChI is InChI=1S/C4H9NO2/c1-5-4(2-6)3-7/h2,4-5,7H,3H2,1H3/t4-/m0/s1. The summed E-state index contributed by atoms with van der Waals surface area (Å²) in [6.45, 7) is -0.125. The van der Waals surface area contributed by atoms with Crippen LogP contribution in [0.5, 0.6) is 0 Å². The second-order valence-corrected chi connectivity index (χ2v) is 1.21. The predicted octanol–water partition coefficient (Wildman–Crippen LogP) is -1.23. The Bertz CT molecular complexity index is 51.7. The Morgan fingerprint density at radius 1 is 2.00 bits per heavy atom. The normalized spacial score (nSPS) is 13.4. The molecule has 3 heteroatoms. The number of aliphatic hydroxyl groups excluding tert-OH is 1. The van der Waals surface area contributed by atoms with E-state index >= 15 is 0 Å². The van der Waals surface area contributed by atoms with Crippen molar-refractivity contribution in [3.05, 3.63) is 0 Å². The SMILES string of the molecule is CN[C@@H](C=O)CO. The molecule has 0 aliphatic heterocycles. The van der Waals surface area contributed by atoms with Crippen molar-refractivity contribution in [1.82, 2.24) is 5.32 Å². The van der Waals surface area contributed by atoms with Crippen LogP contribution in [0.25, 0.3) is 0 Å². The van der Waals surface area contributed by atoms with Crippen molar-refractivity contribution in [2.24, 2.45) is 0 Å². The molecule has 0 aliphatic carbocycles. The molecule has 0 fully saturated rings. The average Bonchev–Trinajstić information content (AvgIpc) is 1.72. The zero-order chi connectivity index (χ0) is 5.70. The smallest absolute Gasteiger partial charge is 0.139 e. The predicted molar refractivity (Wildman–Crippen MR) is 26.0 cm³/mol. The van der Waals surface area contributed by atoms with E-state index in [2.05, 4.69) is 5.32 Å². The quantitative estimate of drug-likeness (QED) is 0.439. The lowest BCUT2D eigenvalue weighted by Crippen LogP contribution is -2.29. The highest BCUT2D eigenvalue weighted by atomic mass is 16.3. The number of hydrogen-bond acceptors (Lipinski definition) is 3. The number of carbonyl (C=O) groups excluding carboxylic acids is 1. The molecule has 0 aromatic carbocycles. The van der Waals surface area contributed by atoms with Gasteiger partial charge < -0.3 is 15.2 Å². The van der Waals surface area contributed by atoms with E-state index in [9.17, 15) is 4.79 Å². The third-order valence-corrected chi connectivity index (χ3v) is 0.732. The van der Waals surface area contributed by atoms with Gasteiger partial charge in [0.1, 0.15) is 6.29 Å². The Morgan fingerprint density at radius 2 is 2.57 bits per heavy atom. The number of hydrogen-bond donors (Lipinski definition) is 2. The van der Waals surface area contributed by atoms with Gasteiger partial charge in [0.05, 0.1) is 12.6 Å². The number of carbonyl (C=O) groups is 1. The molecule has 2 N–H and O–H groups in total. The van der Waals surface area contributed by atoms with E-state index < -0.39 is 0 Å². The van der Waals surface area contributed by atoms with Crippen LogP contribution in [-0.2, 0) is 4.79 Å². The van der Waals surface area contributed by atoms with Crippen LogP contribution < -0.4 is 5.32 Å². The molecule has 0 radical (unpaired) electrons. The maximum absolute atomic E-state index is 9.74. The third-order valence-electron chi connectivity index (χ3n) is 0.732. The van der Waals surface area contributed by atoms with Gasteiger partial charge in [-0.2, -0.15) is 0 Å². The van der Waals surface area contributed by atoms with E-state index in [4.69, 9.17) is 5.11 Å². The summed E-state index contributed by atoms with van der Waals surface area (Å²) in [6, 6.07) is -0.389. The summed E-state index contributed by atoms with van der Waals surface area (Å²) < 4.78 is 0. The first-order chi connectivity index (χ1) is 3.35. The van der Waals surface area contributed by atoms with Gasteiger partial charge in [-0.05, 0) is 7.05 Å². The molecule has 0 unspecified atom stereocenters. The zero-order valence-electron chi connectivity index (χ0n) is 4.22. The van der Waals surface area contributed by atoms with E-state index in [0.717, 1.165) is 0 Å². The fraction of sp³-hybridized carbons (Fsp3) is 0.750. The number of rotatable bonds is 3. The first kappa shape index (κ1) is 6.59. The number of aliphatic hydroxyl groups is 1. The third kappa shape index (κ3) is 2.31. The van der Waals surface area contributed by atoms with Gasteiger partial charge in [-0.1, -0.05) is 0 Å². The minimum absolute atomic E-state index is 0.125. The minimum Gasteiger partial charge on any atom is -0.394 e. The summed E-state index contributed by atoms with van der Waals surface area (Å²) in [4.78, 5) is 9.74. The van der Waals surface area contributed by atoms with E-state index in [0.29, 0.717) is 6.29 Å². The molecule has 0 spiro atoms. The summed E-state index contributed by atoms with van der Waals surface area (Å²) in [5.74, 6) is 0. The molecule has 0 amide bonds. The van der Waals surface area contributed by atoms with Crippen molar-refractivity contribution < 1.29 is 9.90 Å². The van der Waals surface area contributed by atoms with Crippen LogP contribution in [0.3, 0.4) is 0 Å². The zero-order valence-corrected chi connectivity index (χ0v) is 4.22. The molecule has 42 valence electrons. The summed E-state index contributed by atoms with van der Waals surface area (Å²) in [7, 11) is 1.62. The fourth-order valence-corrected chi connectivity index (χ4v) is 0.202. The van der Waals surface area contributed by atoms with Crippen molar-refractivity contribution in [3.63, 3.8) is 0 Å². The molecule has 7 heavy (non-hydrogen) atoms. The summed E-state index contributed by atoms with van der Waals surface area (Å²) >= 11 is 0. The highest BCUT2D eigenvalue weighted by Crippen LogP contribution is 1.67.